The number of carbonyl (C=O) groups excluding carboxylic acids is 1. The van der Waals surface area contributed by atoms with Crippen molar-refractivity contribution in [3.63, 3.8) is 0 Å². The topological polar surface area (TPSA) is 44.4 Å². The zero-order valence-corrected chi connectivity index (χ0v) is 15.4. The molecule has 1 aromatic carbocycles. The van der Waals surface area contributed by atoms with Crippen LogP contribution >= 0.6 is 11.8 Å². The van der Waals surface area contributed by atoms with Gasteiger partial charge in [-0.25, -0.2) is 0 Å². The molecule has 0 radical (unpaired) electrons. The maximum atomic E-state index is 13.3. The lowest BCUT2D eigenvalue weighted by Crippen LogP contribution is -2.57. The van der Waals surface area contributed by atoms with E-state index in [0.29, 0.717) is 26.2 Å². The van der Waals surface area contributed by atoms with Crippen molar-refractivity contribution in [2.75, 3.05) is 38.5 Å². The zero-order valence-electron chi connectivity index (χ0n) is 14.6. The van der Waals surface area contributed by atoms with Gasteiger partial charge in [0.2, 0.25) is 5.91 Å². The van der Waals surface area contributed by atoms with Gasteiger partial charge in [-0.05, 0) is 42.5 Å². The number of benzene rings is 1. The minimum Gasteiger partial charge on any atom is -0.353 e. The molecule has 0 aromatic heterocycles. The minimum atomic E-state index is -4.35. The van der Waals surface area contributed by atoms with Crippen LogP contribution in [0, 0.1) is 0 Å². The molecule has 3 rings (SSSR count). The molecule has 8 heteroatoms. The smallest absolute Gasteiger partial charge is 0.353 e. The second kappa shape index (κ2) is 8.63. The molecule has 26 heavy (non-hydrogen) atoms. The third kappa shape index (κ3) is 5.14. The maximum Gasteiger partial charge on any atom is 0.405 e. The van der Waals surface area contributed by atoms with Crippen LogP contribution in [0.1, 0.15) is 17.5 Å². The first-order chi connectivity index (χ1) is 12.4. The first-order valence-electron chi connectivity index (χ1n) is 8.96. The summed E-state index contributed by atoms with van der Waals surface area (Å²) in [6, 6.07) is 4.55. The molecule has 1 aromatic rings. The van der Waals surface area contributed by atoms with Crippen LogP contribution < -0.4 is 10.6 Å². The highest BCUT2D eigenvalue weighted by atomic mass is 32.2. The average molecular weight is 387 g/mol. The number of nitrogens with zero attached hydrogens (tertiary/aromatic N) is 1. The molecule has 1 aliphatic carbocycles. The highest BCUT2D eigenvalue weighted by Crippen LogP contribution is 2.28. The molecule has 1 fully saturated rings. The number of halogens is 3. The number of carbonyl (C=O) groups is 1. The molecular formula is C18H24F3N3OS. The maximum absolute atomic E-state index is 13.3. The lowest BCUT2D eigenvalue weighted by Gasteiger charge is -2.35. The molecular weight excluding hydrogens is 363 g/mol. The monoisotopic (exact) mass is 387 g/mol. The number of hydrogen-bond donors (Lipinski definition) is 2. The van der Waals surface area contributed by atoms with E-state index in [2.05, 4.69) is 22.8 Å². The summed E-state index contributed by atoms with van der Waals surface area (Å²) in [6.07, 6.45) is -1.02. The summed E-state index contributed by atoms with van der Waals surface area (Å²) < 4.78 is 39.9. The summed E-state index contributed by atoms with van der Waals surface area (Å²) in [4.78, 5) is 14.4. The average Bonchev–Trinajstić information content (AvgIpc) is 3.07. The Bertz CT molecular complexity index is 633. The van der Waals surface area contributed by atoms with Crippen LogP contribution in [0.2, 0.25) is 0 Å². The highest BCUT2D eigenvalue weighted by Gasteiger charge is 2.43. The van der Waals surface area contributed by atoms with E-state index in [1.807, 2.05) is 6.07 Å². The van der Waals surface area contributed by atoms with E-state index < -0.39 is 18.8 Å². The third-order valence-corrected chi connectivity index (χ3v) is 5.90. The Hall–Kier alpha value is -1.25. The molecule has 1 saturated heterocycles. The van der Waals surface area contributed by atoms with E-state index in [1.165, 1.54) is 27.8 Å². The molecule has 0 spiro atoms. The fourth-order valence-corrected chi connectivity index (χ4v) is 4.28. The van der Waals surface area contributed by atoms with Gasteiger partial charge in [-0.15, -0.1) is 11.8 Å². The Kier molecular flexibility index (Phi) is 6.47. The Morgan fingerprint density at radius 1 is 1.23 bits per heavy atom. The van der Waals surface area contributed by atoms with Crippen molar-refractivity contribution < 1.29 is 18.0 Å². The Morgan fingerprint density at radius 2 is 1.96 bits per heavy atom. The predicted octanol–water partition coefficient (Wildman–Crippen LogP) is 2.22. The molecule has 1 heterocycles. The second-order valence-electron chi connectivity index (χ2n) is 6.72. The SMILES string of the molecule is O=C(CSc1ccc2c(c1)CCC2)NCC(N1CCNCC1)C(F)(F)F. The van der Waals surface area contributed by atoms with Crippen molar-refractivity contribution in [2.24, 2.45) is 0 Å². The van der Waals surface area contributed by atoms with E-state index in [0.717, 1.165) is 24.2 Å². The highest BCUT2D eigenvalue weighted by molar-refractivity contribution is 8.00. The fourth-order valence-electron chi connectivity index (χ4n) is 3.49. The number of aryl methyl sites for hydroxylation is 2. The minimum absolute atomic E-state index is 0.130. The van der Waals surface area contributed by atoms with Gasteiger partial charge < -0.3 is 10.6 Å². The molecule has 1 unspecified atom stereocenters. The largest absolute Gasteiger partial charge is 0.405 e. The van der Waals surface area contributed by atoms with Gasteiger partial charge in [0.25, 0.3) is 0 Å². The van der Waals surface area contributed by atoms with Gasteiger partial charge in [0.1, 0.15) is 6.04 Å². The van der Waals surface area contributed by atoms with Crippen molar-refractivity contribution in [1.82, 2.24) is 15.5 Å². The van der Waals surface area contributed by atoms with E-state index in [9.17, 15) is 18.0 Å². The van der Waals surface area contributed by atoms with Crippen LogP contribution in [0.5, 0.6) is 0 Å². The van der Waals surface area contributed by atoms with E-state index >= 15 is 0 Å². The van der Waals surface area contributed by atoms with Crippen LogP contribution in [-0.4, -0.2) is 61.5 Å². The van der Waals surface area contributed by atoms with Gasteiger partial charge in [0.05, 0.1) is 5.75 Å². The van der Waals surface area contributed by atoms with E-state index in [-0.39, 0.29) is 11.7 Å². The first-order valence-corrected chi connectivity index (χ1v) is 9.95. The van der Waals surface area contributed by atoms with Gasteiger partial charge in [-0.2, -0.15) is 13.2 Å². The van der Waals surface area contributed by atoms with Gasteiger partial charge in [0.15, 0.2) is 0 Å². The lowest BCUT2D eigenvalue weighted by atomic mass is 10.1. The van der Waals surface area contributed by atoms with Crippen molar-refractivity contribution >= 4 is 17.7 Å². The van der Waals surface area contributed by atoms with E-state index in [4.69, 9.17) is 0 Å². The predicted molar refractivity (Wildman–Crippen MR) is 96.5 cm³/mol. The summed E-state index contributed by atoms with van der Waals surface area (Å²) in [5.74, 6) is -0.231. The second-order valence-corrected chi connectivity index (χ2v) is 7.77. The standard InChI is InChI=1S/C18H24F3N3OS/c19-18(20,21)16(24-8-6-22-7-9-24)11-23-17(25)12-26-15-5-4-13-2-1-3-14(13)10-15/h4-5,10,16,22H,1-3,6-9,11-12H2,(H,23,25). The molecule has 2 aliphatic rings. The van der Waals surface area contributed by atoms with Crippen LogP contribution in [0.25, 0.3) is 0 Å². The third-order valence-electron chi connectivity index (χ3n) is 4.90. The summed E-state index contributed by atoms with van der Waals surface area (Å²) in [5.41, 5.74) is 2.69. The summed E-state index contributed by atoms with van der Waals surface area (Å²) >= 11 is 1.37. The van der Waals surface area contributed by atoms with Crippen molar-refractivity contribution in [3.8, 4) is 0 Å². The summed E-state index contributed by atoms with van der Waals surface area (Å²) in [7, 11) is 0. The molecule has 1 atom stereocenters. The quantitative estimate of drug-likeness (QED) is 0.735. The number of rotatable bonds is 6. The molecule has 1 aliphatic heterocycles. The number of amides is 1. The molecule has 2 N–H and O–H groups in total. The summed E-state index contributed by atoms with van der Waals surface area (Å²) in [6.45, 7) is 1.35. The van der Waals surface area contributed by atoms with Crippen LogP contribution in [0.15, 0.2) is 23.1 Å². The number of nitrogens with one attached hydrogen (secondary N) is 2. The molecule has 1 amide bonds. The van der Waals surface area contributed by atoms with Crippen molar-refractivity contribution in [1.29, 1.82) is 0 Å². The van der Waals surface area contributed by atoms with E-state index in [1.54, 1.807) is 0 Å². The Morgan fingerprint density at radius 3 is 2.69 bits per heavy atom. The molecule has 144 valence electrons. The van der Waals surface area contributed by atoms with Crippen LogP contribution in [0.3, 0.4) is 0 Å². The molecule has 4 nitrogen and oxygen atoms in total. The number of hydrogen-bond acceptors (Lipinski definition) is 4. The zero-order chi connectivity index (χ0) is 18.6. The van der Waals surface area contributed by atoms with Gasteiger partial charge in [-0.3, -0.25) is 9.69 Å². The number of alkyl halides is 3. The first kappa shape index (κ1) is 19.5. The lowest BCUT2D eigenvalue weighted by molar-refractivity contribution is -0.183. The molecule has 0 saturated carbocycles. The van der Waals surface area contributed by atoms with Gasteiger partial charge in [0, 0.05) is 37.6 Å². The van der Waals surface area contributed by atoms with Gasteiger partial charge in [-0.1, -0.05) is 6.07 Å². The summed E-state index contributed by atoms with van der Waals surface area (Å²) in [5, 5.41) is 5.51. The Balaban J connectivity index is 1.48. The number of piperazine rings is 1. The number of fused-ring (bicyclic) bond motifs is 1. The normalized spacial score (nSPS) is 19.2. The van der Waals surface area contributed by atoms with Crippen molar-refractivity contribution in [3.05, 3.63) is 29.3 Å². The van der Waals surface area contributed by atoms with Crippen LogP contribution in [-0.2, 0) is 17.6 Å². The van der Waals surface area contributed by atoms with Crippen LogP contribution in [0.4, 0.5) is 13.2 Å². The Labute approximate surface area is 155 Å². The number of thioether (sulfide) groups is 1. The fraction of sp³-hybridized carbons (Fsp3) is 0.611. The molecule has 0 bridgehead atoms. The van der Waals surface area contributed by atoms with Crippen molar-refractivity contribution in [2.45, 2.75) is 36.4 Å². The van der Waals surface area contributed by atoms with Gasteiger partial charge >= 0.3 is 6.18 Å².